The van der Waals surface area contributed by atoms with Crippen LogP contribution < -0.4 is 5.73 Å². The molecular weight excluding hydrogens is 228 g/mol. The highest BCUT2D eigenvalue weighted by atomic mass is 16.2. The Balaban J connectivity index is 2.15. The quantitative estimate of drug-likeness (QED) is 0.855. The van der Waals surface area contributed by atoms with Gasteiger partial charge < -0.3 is 10.6 Å². The molecule has 1 aliphatic heterocycles. The number of hydrogen-bond donors (Lipinski definition) is 1. The van der Waals surface area contributed by atoms with Gasteiger partial charge in [0.25, 0.3) is 5.91 Å². The number of aromatic nitrogens is 2. The van der Waals surface area contributed by atoms with Gasteiger partial charge in [0, 0.05) is 31.9 Å². The molecule has 5 heteroatoms. The number of nitrogens with two attached hydrogens (primary N) is 1. The normalized spacial score (nSPS) is 20.5. The van der Waals surface area contributed by atoms with E-state index in [-0.39, 0.29) is 11.9 Å². The summed E-state index contributed by atoms with van der Waals surface area (Å²) in [4.78, 5) is 14.1. The second kappa shape index (κ2) is 5.10. The number of piperidine rings is 1. The van der Waals surface area contributed by atoms with Crippen LogP contribution in [-0.2, 0) is 7.05 Å². The number of rotatable bonds is 2. The van der Waals surface area contributed by atoms with Crippen LogP contribution in [-0.4, -0.2) is 39.7 Å². The van der Waals surface area contributed by atoms with Gasteiger partial charge in [-0.1, -0.05) is 13.8 Å². The van der Waals surface area contributed by atoms with Gasteiger partial charge in [-0.2, -0.15) is 5.10 Å². The molecular formula is C13H22N4O. The molecule has 1 fully saturated rings. The second-order valence-electron chi connectivity index (χ2n) is 5.39. The van der Waals surface area contributed by atoms with Gasteiger partial charge >= 0.3 is 0 Å². The van der Waals surface area contributed by atoms with Crippen LogP contribution >= 0.6 is 0 Å². The minimum Gasteiger partial charge on any atom is -0.336 e. The number of hydrogen-bond acceptors (Lipinski definition) is 3. The molecule has 0 saturated carbocycles. The fourth-order valence-electron chi connectivity index (χ4n) is 2.48. The topological polar surface area (TPSA) is 64.2 Å². The van der Waals surface area contributed by atoms with Gasteiger partial charge in [-0.05, 0) is 24.8 Å². The average molecular weight is 250 g/mol. The van der Waals surface area contributed by atoms with Crippen LogP contribution in [0.15, 0.2) is 6.07 Å². The Labute approximate surface area is 108 Å². The molecule has 2 heterocycles. The molecule has 1 amide bonds. The van der Waals surface area contributed by atoms with E-state index >= 15 is 0 Å². The van der Waals surface area contributed by atoms with Gasteiger partial charge in [0.2, 0.25) is 0 Å². The van der Waals surface area contributed by atoms with Crippen molar-refractivity contribution in [3.63, 3.8) is 0 Å². The first-order valence-electron chi connectivity index (χ1n) is 6.58. The van der Waals surface area contributed by atoms with Gasteiger partial charge in [-0.15, -0.1) is 0 Å². The van der Waals surface area contributed by atoms with Crippen LogP contribution in [0.5, 0.6) is 0 Å². The first-order chi connectivity index (χ1) is 8.49. The zero-order chi connectivity index (χ0) is 13.3. The highest BCUT2D eigenvalue weighted by Crippen LogP contribution is 2.17. The smallest absolute Gasteiger partial charge is 0.274 e. The first-order valence-corrected chi connectivity index (χ1v) is 6.58. The monoisotopic (exact) mass is 250 g/mol. The molecule has 1 saturated heterocycles. The Morgan fingerprint density at radius 2 is 2.28 bits per heavy atom. The van der Waals surface area contributed by atoms with Gasteiger partial charge in [-0.3, -0.25) is 9.48 Å². The van der Waals surface area contributed by atoms with E-state index in [9.17, 15) is 4.79 Å². The van der Waals surface area contributed by atoms with E-state index in [0.717, 1.165) is 25.1 Å². The highest BCUT2D eigenvalue weighted by molar-refractivity contribution is 5.92. The van der Waals surface area contributed by atoms with E-state index in [1.54, 1.807) is 4.68 Å². The third kappa shape index (κ3) is 2.56. The third-order valence-electron chi connectivity index (χ3n) is 3.47. The highest BCUT2D eigenvalue weighted by Gasteiger charge is 2.24. The van der Waals surface area contributed by atoms with Crippen molar-refractivity contribution in [2.75, 3.05) is 13.1 Å². The molecule has 0 aliphatic carbocycles. The SMILES string of the molecule is CC(C)c1cc(C(=O)N2CCC[C@H](N)C2)nn1C. The molecule has 100 valence electrons. The molecule has 5 nitrogen and oxygen atoms in total. The zero-order valence-electron chi connectivity index (χ0n) is 11.4. The average Bonchev–Trinajstić information content (AvgIpc) is 2.70. The van der Waals surface area contributed by atoms with Gasteiger partial charge in [0.15, 0.2) is 5.69 Å². The fraction of sp³-hybridized carbons (Fsp3) is 0.692. The summed E-state index contributed by atoms with van der Waals surface area (Å²) in [6, 6.07) is 2.00. The molecule has 1 aromatic rings. The van der Waals surface area contributed by atoms with Crippen molar-refractivity contribution < 1.29 is 4.79 Å². The summed E-state index contributed by atoms with van der Waals surface area (Å²) < 4.78 is 1.79. The van der Waals surface area contributed by atoms with Crippen LogP contribution in [0.1, 0.15) is 48.8 Å². The number of nitrogens with zero attached hydrogens (tertiary/aromatic N) is 3. The van der Waals surface area contributed by atoms with E-state index in [1.807, 2.05) is 18.0 Å². The molecule has 0 spiro atoms. The predicted octanol–water partition coefficient (Wildman–Crippen LogP) is 1.11. The molecule has 0 radical (unpaired) electrons. The Morgan fingerprint density at radius 3 is 2.83 bits per heavy atom. The molecule has 18 heavy (non-hydrogen) atoms. The minimum atomic E-state index is 0.00708. The van der Waals surface area contributed by atoms with Crippen molar-refractivity contribution in [3.8, 4) is 0 Å². The predicted molar refractivity (Wildman–Crippen MR) is 70.4 cm³/mol. The summed E-state index contributed by atoms with van der Waals surface area (Å²) >= 11 is 0. The Kier molecular flexibility index (Phi) is 3.71. The Morgan fingerprint density at radius 1 is 1.56 bits per heavy atom. The molecule has 1 atom stereocenters. The summed E-state index contributed by atoms with van der Waals surface area (Å²) in [5.74, 6) is 0.375. The van der Waals surface area contributed by atoms with E-state index in [1.165, 1.54) is 0 Å². The molecule has 2 N–H and O–H groups in total. The Hall–Kier alpha value is -1.36. The summed E-state index contributed by atoms with van der Waals surface area (Å²) in [6.07, 6.45) is 1.99. The lowest BCUT2D eigenvalue weighted by Gasteiger charge is -2.30. The standard InChI is InChI=1S/C13H22N4O/c1-9(2)12-7-11(15-16(12)3)13(18)17-6-4-5-10(14)8-17/h7,9-10H,4-6,8,14H2,1-3H3/t10-/m0/s1. The van der Waals surface area contributed by atoms with Crippen LogP contribution in [0.2, 0.25) is 0 Å². The van der Waals surface area contributed by atoms with Gasteiger partial charge in [0.1, 0.15) is 0 Å². The van der Waals surface area contributed by atoms with E-state index in [0.29, 0.717) is 18.2 Å². The molecule has 1 aromatic heterocycles. The lowest BCUT2D eigenvalue weighted by atomic mass is 10.1. The lowest BCUT2D eigenvalue weighted by molar-refractivity contribution is 0.0702. The van der Waals surface area contributed by atoms with E-state index in [2.05, 4.69) is 18.9 Å². The summed E-state index contributed by atoms with van der Waals surface area (Å²) in [7, 11) is 1.88. The third-order valence-corrected chi connectivity index (χ3v) is 3.47. The number of amides is 1. The number of carbonyl (C=O) groups excluding carboxylic acids is 1. The molecule has 0 bridgehead atoms. The van der Waals surface area contributed by atoms with E-state index < -0.39 is 0 Å². The molecule has 0 unspecified atom stereocenters. The maximum atomic E-state index is 12.3. The minimum absolute atomic E-state index is 0.00708. The van der Waals surface area contributed by atoms with E-state index in [4.69, 9.17) is 5.73 Å². The van der Waals surface area contributed by atoms with Gasteiger partial charge in [0.05, 0.1) is 0 Å². The van der Waals surface area contributed by atoms with Crippen molar-refractivity contribution in [1.82, 2.24) is 14.7 Å². The molecule has 2 rings (SSSR count). The lowest BCUT2D eigenvalue weighted by Crippen LogP contribution is -2.45. The molecule has 0 aromatic carbocycles. The summed E-state index contributed by atoms with van der Waals surface area (Å²) in [6.45, 7) is 5.64. The number of carbonyl (C=O) groups is 1. The van der Waals surface area contributed by atoms with Crippen LogP contribution in [0, 0.1) is 0 Å². The van der Waals surface area contributed by atoms with Crippen LogP contribution in [0.3, 0.4) is 0 Å². The fourth-order valence-corrected chi connectivity index (χ4v) is 2.48. The number of likely N-dealkylation sites (tertiary alicyclic amines) is 1. The molecule has 1 aliphatic rings. The van der Waals surface area contributed by atoms with Crippen LogP contribution in [0.25, 0.3) is 0 Å². The van der Waals surface area contributed by atoms with Crippen molar-refractivity contribution in [3.05, 3.63) is 17.5 Å². The Bertz CT molecular complexity index is 438. The summed E-state index contributed by atoms with van der Waals surface area (Å²) in [5, 5.41) is 4.32. The van der Waals surface area contributed by atoms with Crippen molar-refractivity contribution >= 4 is 5.91 Å². The van der Waals surface area contributed by atoms with Crippen molar-refractivity contribution in [1.29, 1.82) is 0 Å². The van der Waals surface area contributed by atoms with Gasteiger partial charge in [-0.25, -0.2) is 0 Å². The van der Waals surface area contributed by atoms with Crippen molar-refractivity contribution in [2.24, 2.45) is 12.8 Å². The zero-order valence-corrected chi connectivity index (χ0v) is 11.4. The maximum absolute atomic E-state index is 12.3. The number of aryl methyl sites for hydroxylation is 1. The maximum Gasteiger partial charge on any atom is 0.274 e. The second-order valence-corrected chi connectivity index (χ2v) is 5.39. The summed E-state index contributed by atoms with van der Waals surface area (Å²) in [5.41, 5.74) is 7.53. The first kappa shape index (κ1) is 13.1. The van der Waals surface area contributed by atoms with Crippen LogP contribution in [0.4, 0.5) is 0 Å². The largest absolute Gasteiger partial charge is 0.336 e. The van der Waals surface area contributed by atoms with Crippen molar-refractivity contribution in [2.45, 2.75) is 38.6 Å².